The van der Waals surface area contributed by atoms with Crippen LogP contribution in [0.25, 0.3) is 11.0 Å². The lowest BCUT2D eigenvalue weighted by Crippen LogP contribution is -2.30. The predicted molar refractivity (Wildman–Crippen MR) is 89.6 cm³/mol. The van der Waals surface area contributed by atoms with Gasteiger partial charge in [-0.2, -0.15) is 4.57 Å². The number of methoxy groups -OCH3 is 1. The summed E-state index contributed by atoms with van der Waals surface area (Å²) in [6.07, 6.45) is 3.63. The number of fused-ring (bicyclic) bond motifs is 1. The van der Waals surface area contributed by atoms with Crippen LogP contribution in [0.15, 0.2) is 23.0 Å². The third kappa shape index (κ3) is 3.25. The summed E-state index contributed by atoms with van der Waals surface area (Å²) in [6.45, 7) is 4.16. The third-order valence-electron chi connectivity index (χ3n) is 4.25. The highest BCUT2D eigenvalue weighted by Crippen LogP contribution is 2.26. The van der Waals surface area contributed by atoms with E-state index in [1.807, 2.05) is 6.92 Å². The Balaban J connectivity index is 2.60. The number of unbranched alkanes of at least 4 members (excludes halogenated alkanes) is 2. The molecule has 2 aromatic rings. The lowest BCUT2D eigenvalue weighted by atomic mass is 10.1. The molecule has 6 heteroatoms. The number of hydrogen-bond donors (Lipinski definition) is 1. The smallest absolute Gasteiger partial charge is 0.420 e. The van der Waals surface area contributed by atoms with E-state index in [1.54, 1.807) is 22.8 Å². The molecule has 126 valence electrons. The number of carboxylic acid groups (broad SMARTS) is 1. The molecular weight excluding hydrogens is 296 g/mol. The van der Waals surface area contributed by atoms with Crippen LogP contribution in [0.4, 0.5) is 4.79 Å². The maximum atomic E-state index is 12.7. The zero-order valence-electron chi connectivity index (χ0n) is 13.9. The van der Waals surface area contributed by atoms with Crippen molar-refractivity contribution >= 4 is 17.1 Å². The molecule has 1 heterocycles. The number of nitrogens with zero attached hydrogens (tertiary/aromatic N) is 2. The van der Waals surface area contributed by atoms with E-state index < -0.39 is 11.8 Å². The van der Waals surface area contributed by atoms with Gasteiger partial charge in [0.05, 0.1) is 18.1 Å². The van der Waals surface area contributed by atoms with Gasteiger partial charge in [-0.3, -0.25) is 4.57 Å². The molecule has 0 aliphatic heterocycles. The van der Waals surface area contributed by atoms with Crippen molar-refractivity contribution in [2.24, 2.45) is 0 Å². The Hall–Kier alpha value is -2.24. The standard InChI is InChI=1S/C17H24N2O4/c1-4-6-7-8-12(5-2)18-14-10-9-13(23-3)11-15(14)19(16(18)20)17(21)22/h9-12H,4-8H2,1-3H3,(H,21,22). The number of carbonyl (C=O) groups is 1. The van der Waals surface area contributed by atoms with Crippen LogP contribution >= 0.6 is 0 Å². The molecule has 0 amide bonds. The normalized spacial score (nSPS) is 12.5. The summed E-state index contributed by atoms with van der Waals surface area (Å²) in [5.74, 6) is 0.531. The van der Waals surface area contributed by atoms with Crippen LogP contribution in [0.1, 0.15) is 52.0 Å². The van der Waals surface area contributed by atoms with Gasteiger partial charge in [0, 0.05) is 12.1 Å². The maximum absolute atomic E-state index is 12.7. The Morgan fingerprint density at radius 2 is 2.00 bits per heavy atom. The summed E-state index contributed by atoms with van der Waals surface area (Å²) in [5, 5.41) is 9.42. The third-order valence-corrected chi connectivity index (χ3v) is 4.25. The van der Waals surface area contributed by atoms with Crippen molar-refractivity contribution in [2.45, 2.75) is 52.0 Å². The molecule has 0 spiro atoms. The van der Waals surface area contributed by atoms with E-state index in [9.17, 15) is 14.7 Å². The maximum Gasteiger partial charge on any atom is 0.420 e. The van der Waals surface area contributed by atoms with Gasteiger partial charge in [0.25, 0.3) is 0 Å². The number of benzene rings is 1. The van der Waals surface area contributed by atoms with Crippen molar-refractivity contribution in [1.82, 2.24) is 9.13 Å². The Labute approximate surface area is 135 Å². The zero-order valence-corrected chi connectivity index (χ0v) is 13.9. The van der Waals surface area contributed by atoms with E-state index >= 15 is 0 Å². The summed E-state index contributed by atoms with van der Waals surface area (Å²) >= 11 is 0. The molecular formula is C17H24N2O4. The lowest BCUT2D eigenvalue weighted by molar-refractivity contribution is 0.196. The highest BCUT2D eigenvalue weighted by molar-refractivity contribution is 5.87. The van der Waals surface area contributed by atoms with Gasteiger partial charge >= 0.3 is 11.8 Å². The molecule has 1 aromatic heterocycles. The highest BCUT2D eigenvalue weighted by atomic mass is 16.5. The molecule has 6 nitrogen and oxygen atoms in total. The molecule has 23 heavy (non-hydrogen) atoms. The van der Waals surface area contributed by atoms with Gasteiger partial charge in [0.2, 0.25) is 0 Å². The number of aromatic nitrogens is 2. The fourth-order valence-electron chi connectivity index (χ4n) is 3.01. The Morgan fingerprint density at radius 1 is 1.26 bits per heavy atom. The van der Waals surface area contributed by atoms with Crippen molar-refractivity contribution in [3.05, 3.63) is 28.7 Å². The minimum Gasteiger partial charge on any atom is -0.497 e. The summed E-state index contributed by atoms with van der Waals surface area (Å²) in [4.78, 5) is 24.2. The second-order valence-corrected chi connectivity index (χ2v) is 5.68. The molecule has 2 rings (SSSR count). The first-order valence-electron chi connectivity index (χ1n) is 8.09. The fourth-order valence-corrected chi connectivity index (χ4v) is 3.01. The van der Waals surface area contributed by atoms with Gasteiger partial charge in [-0.05, 0) is 25.0 Å². The SMILES string of the molecule is CCCCCC(CC)n1c(=O)n(C(=O)O)c2cc(OC)ccc21. The summed E-state index contributed by atoms with van der Waals surface area (Å²) < 4.78 is 7.58. The first kappa shape index (κ1) is 17.1. The van der Waals surface area contributed by atoms with E-state index in [0.717, 1.165) is 36.7 Å². The minimum atomic E-state index is -1.27. The van der Waals surface area contributed by atoms with Crippen LogP contribution in [0, 0.1) is 0 Å². The number of ether oxygens (including phenoxy) is 1. The van der Waals surface area contributed by atoms with Gasteiger partial charge in [-0.25, -0.2) is 9.59 Å². The van der Waals surface area contributed by atoms with Gasteiger partial charge in [-0.1, -0.05) is 33.1 Å². The van der Waals surface area contributed by atoms with Crippen molar-refractivity contribution in [2.75, 3.05) is 7.11 Å². The van der Waals surface area contributed by atoms with Crippen LogP contribution in [0.5, 0.6) is 5.75 Å². The van der Waals surface area contributed by atoms with E-state index in [-0.39, 0.29) is 6.04 Å². The van der Waals surface area contributed by atoms with E-state index in [4.69, 9.17) is 4.74 Å². The average molecular weight is 320 g/mol. The first-order valence-corrected chi connectivity index (χ1v) is 8.09. The Bertz CT molecular complexity index is 745. The molecule has 1 N–H and O–H groups in total. The van der Waals surface area contributed by atoms with E-state index in [2.05, 4.69) is 6.92 Å². The zero-order chi connectivity index (χ0) is 17.0. The fraction of sp³-hybridized carbons (Fsp3) is 0.529. The minimum absolute atomic E-state index is 0.00513. The molecule has 0 saturated carbocycles. The van der Waals surface area contributed by atoms with Crippen molar-refractivity contribution < 1.29 is 14.6 Å². The average Bonchev–Trinajstić information content (AvgIpc) is 2.83. The van der Waals surface area contributed by atoms with Crippen LogP contribution in [0.3, 0.4) is 0 Å². The molecule has 0 fully saturated rings. The van der Waals surface area contributed by atoms with Gasteiger partial charge in [0.1, 0.15) is 5.75 Å². The molecule has 0 aliphatic rings. The predicted octanol–water partition coefficient (Wildman–Crippen LogP) is 3.87. The van der Waals surface area contributed by atoms with Crippen LogP contribution in [-0.2, 0) is 0 Å². The second-order valence-electron chi connectivity index (χ2n) is 5.68. The van der Waals surface area contributed by atoms with Crippen molar-refractivity contribution in [3.63, 3.8) is 0 Å². The van der Waals surface area contributed by atoms with Crippen LogP contribution in [0.2, 0.25) is 0 Å². The number of imidazole rings is 1. The molecule has 1 aromatic carbocycles. The Morgan fingerprint density at radius 3 is 2.57 bits per heavy atom. The largest absolute Gasteiger partial charge is 0.497 e. The number of hydrogen-bond acceptors (Lipinski definition) is 3. The molecule has 0 bridgehead atoms. The van der Waals surface area contributed by atoms with Gasteiger partial charge in [0.15, 0.2) is 0 Å². The monoisotopic (exact) mass is 320 g/mol. The molecule has 0 radical (unpaired) electrons. The summed E-state index contributed by atoms with van der Waals surface area (Å²) in [5.41, 5.74) is 0.515. The topological polar surface area (TPSA) is 73.5 Å². The van der Waals surface area contributed by atoms with Gasteiger partial charge in [-0.15, -0.1) is 0 Å². The first-order chi connectivity index (χ1) is 11.0. The molecule has 0 aliphatic carbocycles. The van der Waals surface area contributed by atoms with Gasteiger partial charge < -0.3 is 9.84 Å². The summed E-state index contributed by atoms with van der Waals surface area (Å²) in [6, 6.07) is 5.12. The lowest BCUT2D eigenvalue weighted by Gasteiger charge is -2.16. The van der Waals surface area contributed by atoms with Crippen molar-refractivity contribution in [1.29, 1.82) is 0 Å². The number of rotatable bonds is 7. The van der Waals surface area contributed by atoms with E-state index in [0.29, 0.717) is 16.8 Å². The van der Waals surface area contributed by atoms with Crippen LogP contribution in [-0.4, -0.2) is 27.4 Å². The molecule has 1 unspecified atom stereocenters. The summed E-state index contributed by atoms with van der Waals surface area (Å²) in [7, 11) is 1.51. The Kier molecular flexibility index (Phi) is 5.47. The van der Waals surface area contributed by atoms with E-state index in [1.165, 1.54) is 7.11 Å². The quantitative estimate of drug-likeness (QED) is 0.786. The second kappa shape index (κ2) is 7.35. The van der Waals surface area contributed by atoms with Crippen molar-refractivity contribution in [3.8, 4) is 5.75 Å². The molecule has 1 atom stereocenters. The van der Waals surface area contributed by atoms with Crippen LogP contribution < -0.4 is 10.4 Å². The highest BCUT2D eigenvalue weighted by Gasteiger charge is 2.22. The molecule has 0 saturated heterocycles.